The first-order valence-electron chi connectivity index (χ1n) is 9.10. The van der Waals surface area contributed by atoms with Crippen LogP contribution in [-0.4, -0.2) is 32.0 Å². The fourth-order valence-electron chi connectivity index (χ4n) is 3.43. The van der Waals surface area contributed by atoms with Gasteiger partial charge in [0.15, 0.2) is 11.6 Å². The summed E-state index contributed by atoms with van der Waals surface area (Å²) in [7, 11) is 0. The molecule has 3 rings (SSSR count). The lowest BCUT2D eigenvalue weighted by Crippen LogP contribution is -2.39. The summed E-state index contributed by atoms with van der Waals surface area (Å²) in [5.41, 5.74) is 7.73. The molecular formula is C18H24Cl2N6. The molecule has 0 aliphatic heterocycles. The average Bonchev–Trinajstić information content (AvgIpc) is 2.66. The molecule has 0 spiro atoms. The minimum Gasteiger partial charge on any atom is -0.328 e. The van der Waals surface area contributed by atoms with Gasteiger partial charge >= 0.3 is 0 Å². The fraction of sp³-hybridized carbons (Fsp3) is 0.556. The van der Waals surface area contributed by atoms with Gasteiger partial charge in [-0.25, -0.2) is 19.9 Å². The van der Waals surface area contributed by atoms with Gasteiger partial charge in [-0.1, -0.05) is 37.0 Å². The summed E-state index contributed by atoms with van der Waals surface area (Å²) in [6.07, 6.45) is 8.34. The van der Waals surface area contributed by atoms with Crippen molar-refractivity contribution in [3.8, 4) is 0 Å². The Morgan fingerprint density at radius 3 is 1.77 bits per heavy atom. The SMILES string of the molecule is CCc1ncnc(N(c2ncnc(CC)c2Cl)C2CCC(N)CC2)c1Cl. The van der Waals surface area contributed by atoms with Crippen molar-refractivity contribution in [3.05, 3.63) is 34.1 Å². The number of nitrogens with two attached hydrogens (primary N) is 1. The largest absolute Gasteiger partial charge is 0.328 e. The minimum absolute atomic E-state index is 0.184. The van der Waals surface area contributed by atoms with Gasteiger partial charge in [-0.05, 0) is 38.5 Å². The van der Waals surface area contributed by atoms with Crippen LogP contribution in [0.4, 0.5) is 11.6 Å². The summed E-state index contributed by atoms with van der Waals surface area (Å²) in [6.45, 7) is 4.05. The molecule has 2 N–H and O–H groups in total. The second-order valence-electron chi connectivity index (χ2n) is 6.56. The van der Waals surface area contributed by atoms with E-state index < -0.39 is 0 Å². The lowest BCUT2D eigenvalue weighted by atomic mass is 9.90. The van der Waals surface area contributed by atoms with Gasteiger partial charge in [0.05, 0.1) is 11.4 Å². The van der Waals surface area contributed by atoms with Crippen LogP contribution in [0.25, 0.3) is 0 Å². The first kappa shape index (κ1) is 19.3. The van der Waals surface area contributed by atoms with Crippen molar-refractivity contribution >= 4 is 34.8 Å². The highest BCUT2D eigenvalue weighted by Gasteiger charge is 2.31. The molecule has 0 unspecified atom stereocenters. The number of halogens is 2. The molecule has 2 aromatic rings. The Morgan fingerprint density at radius 1 is 0.885 bits per heavy atom. The second kappa shape index (κ2) is 8.46. The Balaban J connectivity index is 2.12. The number of anilines is 2. The van der Waals surface area contributed by atoms with E-state index in [-0.39, 0.29) is 12.1 Å². The summed E-state index contributed by atoms with van der Waals surface area (Å²) in [4.78, 5) is 19.6. The number of aryl methyl sites for hydroxylation is 2. The van der Waals surface area contributed by atoms with Crippen molar-refractivity contribution in [2.45, 2.75) is 64.5 Å². The summed E-state index contributed by atoms with van der Waals surface area (Å²) in [6, 6.07) is 0.427. The molecule has 0 aromatic carbocycles. The Morgan fingerprint density at radius 2 is 1.35 bits per heavy atom. The second-order valence-corrected chi connectivity index (χ2v) is 7.32. The molecule has 2 aromatic heterocycles. The van der Waals surface area contributed by atoms with Crippen molar-refractivity contribution in [1.82, 2.24) is 19.9 Å². The zero-order valence-electron chi connectivity index (χ0n) is 15.1. The lowest BCUT2D eigenvalue weighted by molar-refractivity contribution is 0.389. The number of hydrogen-bond acceptors (Lipinski definition) is 6. The smallest absolute Gasteiger partial charge is 0.157 e. The Kier molecular flexibility index (Phi) is 6.27. The summed E-state index contributed by atoms with van der Waals surface area (Å²) in [5.74, 6) is 1.31. The van der Waals surface area contributed by atoms with Crippen LogP contribution >= 0.6 is 23.2 Å². The lowest BCUT2D eigenvalue weighted by Gasteiger charge is -2.37. The monoisotopic (exact) mass is 394 g/mol. The van der Waals surface area contributed by atoms with Gasteiger partial charge in [-0.3, -0.25) is 0 Å². The molecule has 8 heteroatoms. The predicted octanol–water partition coefficient (Wildman–Crippen LogP) is 4.11. The van der Waals surface area contributed by atoms with Crippen LogP contribution in [0.3, 0.4) is 0 Å². The van der Waals surface area contributed by atoms with Gasteiger partial charge < -0.3 is 10.6 Å². The molecule has 140 valence electrons. The molecule has 0 bridgehead atoms. The summed E-state index contributed by atoms with van der Waals surface area (Å²) in [5, 5.41) is 1.11. The predicted molar refractivity (Wildman–Crippen MR) is 105 cm³/mol. The highest BCUT2D eigenvalue weighted by Crippen LogP contribution is 2.39. The van der Waals surface area contributed by atoms with E-state index in [2.05, 4.69) is 24.8 Å². The maximum absolute atomic E-state index is 6.65. The van der Waals surface area contributed by atoms with Crippen LogP contribution in [0, 0.1) is 0 Å². The van der Waals surface area contributed by atoms with E-state index in [0.717, 1.165) is 49.9 Å². The van der Waals surface area contributed by atoms with Gasteiger partial charge in [0.1, 0.15) is 22.7 Å². The van der Waals surface area contributed by atoms with Crippen molar-refractivity contribution in [3.63, 3.8) is 0 Å². The van der Waals surface area contributed by atoms with E-state index in [0.29, 0.717) is 21.7 Å². The van der Waals surface area contributed by atoms with Gasteiger partial charge in [0.2, 0.25) is 0 Å². The normalized spacial score (nSPS) is 20.2. The Hall–Kier alpha value is -1.50. The third-order valence-electron chi connectivity index (χ3n) is 4.92. The van der Waals surface area contributed by atoms with Crippen LogP contribution in [-0.2, 0) is 12.8 Å². The van der Waals surface area contributed by atoms with E-state index >= 15 is 0 Å². The van der Waals surface area contributed by atoms with E-state index in [1.165, 1.54) is 0 Å². The molecule has 0 saturated heterocycles. The van der Waals surface area contributed by atoms with Crippen molar-refractivity contribution in [1.29, 1.82) is 0 Å². The van der Waals surface area contributed by atoms with Gasteiger partial charge in [-0.2, -0.15) is 0 Å². The van der Waals surface area contributed by atoms with Gasteiger partial charge in [0.25, 0.3) is 0 Å². The van der Waals surface area contributed by atoms with Crippen LogP contribution in [0.2, 0.25) is 10.0 Å². The number of nitrogens with zero attached hydrogens (tertiary/aromatic N) is 5. The third-order valence-corrected chi connectivity index (χ3v) is 5.69. The Bertz CT molecular complexity index is 708. The molecule has 1 saturated carbocycles. The van der Waals surface area contributed by atoms with Gasteiger partial charge in [-0.15, -0.1) is 0 Å². The first-order valence-corrected chi connectivity index (χ1v) is 9.85. The molecule has 1 aliphatic carbocycles. The standard InChI is InChI=1S/C18H24Cl2N6/c1-3-13-15(19)17(24-9-22-13)26(12-7-5-11(21)6-8-12)18-16(20)14(4-2)23-10-25-18/h9-12H,3-8,21H2,1-2H3. The molecular weight excluding hydrogens is 371 g/mol. The maximum atomic E-state index is 6.65. The average molecular weight is 395 g/mol. The maximum Gasteiger partial charge on any atom is 0.157 e. The fourth-order valence-corrected chi connectivity index (χ4v) is 4.07. The summed E-state index contributed by atoms with van der Waals surface area (Å²) < 4.78 is 0. The quantitative estimate of drug-likeness (QED) is 0.821. The van der Waals surface area contributed by atoms with Crippen LogP contribution in [0.1, 0.15) is 50.9 Å². The van der Waals surface area contributed by atoms with E-state index in [4.69, 9.17) is 28.9 Å². The highest BCUT2D eigenvalue weighted by molar-refractivity contribution is 6.35. The highest BCUT2D eigenvalue weighted by atomic mass is 35.5. The molecule has 1 aliphatic rings. The van der Waals surface area contributed by atoms with E-state index in [1.807, 2.05) is 13.8 Å². The summed E-state index contributed by atoms with van der Waals surface area (Å²) >= 11 is 13.3. The first-order chi connectivity index (χ1) is 12.6. The number of aromatic nitrogens is 4. The van der Waals surface area contributed by atoms with Crippen molar-refractivity contribution in [2.24, 2.45) is 5.73 Å². The molecule has 2 heterocycles. The minimum atomic E-state index is 0.184. The molecule has 6 nitrogen and oxygen atoms in total. The van der Waals surface area contributed by atoms with Crippen LogP contribution in [0.5, 0.6) is 0 Å². The molecule has 0 radical (unpaired) electrons. The Labute approximate surface area is 164 Å². The molecule has 1 fully saturated rings. The third kappa shape index (κ3) is 3.77. The number of hydrogen-bond donors (Lipinski definition) is 1. The molecule has 26 heavy (non-hydrogen) atoms. The van der Waals surface area contributed by atoms with Crippen LogP contribution in [0.15, 0.2) is 12.7 Å². The molecule has 0 atom stereocenters. The zero-order chi connectivity index (χ0) is 18.7. The van der Waals surface area contributed by atoms with Crippen LogP contribution < -0.4 is 10.6 Å². The zero-order valence-corrected chi connectivity index (χ0v) is 16.6. The molecule has 0 amide bonds. The van der Waals surface area contributed by atoms with Crippen molar-refractivity contribution < 1.29 is 0 Å². The van der Waals surface area contributed by atoms with Crippen molar-refractivity contribution in [2.75, 3.05) is 4.90 Å². The topological polar surface area (TPSA) is 80.8 Å². The number of rotatable bonds is 5. The van der Waals surface area contributed by atoms with E-state index in [1.54, 1.807) is 12.7 Å². The van der Waals surface area contributed by atoms with Gasteiger partial charge in [0, 0.05) is 12.1 Å². The van der Waals surface area contributed by atoms with E-state index in [9.17, 15) is 0 Å².